The SMILES string of the molecule is CC(CN(CCC(=O)O)C(=O)c1ccccc1-c1ccccc1C(=O)NC(CCOC(=O)C(F)(F)F)c1ccccc1)c1ccccc1. The number of halogens is 3. The summed E-state index contributed by atoms with van der Waals surface area (Å²) in [6, 6.07) is 30.6. The van der Waals surface area contributed by atoms with Crippen molar-refractivity contribution in [3.05, 3.63) is 131 Å². The van der Waals surface area contributed by atoms with Crippen molar-refractivity contribution in [1.29, 1.82) is 0 Å². The van der Waals surface area contributed by atoms with Crippen LogP contribution in [0, 0.1) is 0 Å². The van der Waals surface area contributed by atoms with Gasteiger partial charge in [-0.2, -0.15) is 13.2 Å². The summed E-state index contributed by atoms with van der Waals surface area (Å²) < 4.78 is 42.5. The molecule has 4 aromatic rings. The maximum absolute atomic E-state index is 14.1. The number of ether oxygens (including phenoxy) is 1. The van der Waals surface area contributed by atoms with Gasteiger partial charge >= 0.3 is 18.1 Å². The van der Waals surface area contributed by atoms with Crippen molar-refractivity contribution >= 4 is 23.8 Å². The second-order valence-corrected chi connectivity index (χ2v) is 11.2. The first-order valence-electron chi connectivity index (χ1n) is 15.3. The monoisotopic (exact) mass is 660 g/mol. The first-order chi connectivity index (χ1) is 23.0. The van der Waals surface area contributed by atoms with Gasteiger partial charge in [0, 0.05) is 30.6 Å². The minimum Gasteiger partial charge on any atom is -0.481 e. The third kappa shape index (κ3) is 9.54. The van der Waals surface area contributed by atoms with Gasteiger partial charge in [0.25, 0.3) is 11.8 Å². The van der Waals surface area contributed by atoms with Crippen LogP contribution in [0.3, 0.4) is 0 Å². The predicted octanol–water partition coefficient (Wildman–Crippen LogP) is 7.04. The van der Waals surface area contributed by atoms with Crippen LogP contribution in [0.1, 0.15) is 63.6 Å². The largest absolute Gasteiger partial charge is 0.490 e. The maximum atomic E-state index is 14.1. The lowest BCUT2D eigenvalue weighted by Crippen LogP contribution is -2.36. The molecule has 4 rings (SSSR count). The van der Waals surface area contributed by atoms with Crippen LogP contribution in [0.2, 0.25) is 0 Å². The molecule has 0 radical (unpaired) electrons. The number of carbonyl (C=O) groups excluding carboxylic acids is 3. The van der Waals surface area contributed by atoms with Crippen molar-refractivity contribution in [2.75, 3.05) is 19.7 Å². The molecular formula is C37H35F3N2O6. The third-order valence-electron chi connectivity index (χ3n) is 7.74. The average molecular weight is 661 g/mol. The van der Waals surface area contributed by atoms with E-state index in [1.54, 1.807) is 78.9 Å². The van der Waals surface area contributed by atoms with Crippen molar-refractivity contribution in [2.45, 2.75) is 37.9 Å². The molecule has 0 spiro atoms. The van der Waals surface area contributed by atoms with Crippen LogP contribution in [-0.2, 0) is 14.3 Å². The zero-order chi connectivity index (χ0) is 34.7. The first kappa shape index (κ1) is 35.4. The Labute approximate surface area is 276 Å². The Morgan fingerprint density at radius 3 is 1.88 bits per heavy atom. The fraction of sp³-hybridized carbons (Fsp3) is 0.243. The summed E-state index contributed by atoms with van der Waals surface area (Å²) in [4.78, 5) is 52.2. The van der Waals surface area contributed by atoms with Gasteiger partial charge in [-0.05, 0) is 40.3 Å². The molecule has 0 aliphatic heterocycles. The molecule has 250 valence electrons. The van der Waals surface area contributed by atoms with Crippen LogP contribution >= 0.6 is 0 Å². The number of esters is 1. The summed E-state index contributed by atoms with van der Waals surface area (Å²) in [5.41, 5.74) is 2.90. The highest BCUT2D eigenvalue weighted by molar-refractivity contribution is 6.06. The minimum atomic E-state index is -5.14. The van der Waals surface area contributed by atoms with Crippen LogP contribution < -0.4 is 5.32 Å². The lowest BCUT2D eigenvalue weighted by molar-refractivity contribution is -0.199. The van der Waals surface area contributed by atoms with Crippen LogP contribution in [0.25, 0.3) is 11.1 Å². The smallest absolute Gasteiger partial charge is 0.481 e. The molecule has 4 aromatic carbocycles. The van der Waals surface area contributed by atoms with Gasteiger partial charge in [0.2, 0.25) is 0 Å². The number of carbonyl (C=O) groups is 4. The third-order valence-corrected chi connectivity index (χ3v) is 7.74. The summed E-state index contributed by atoms with van der Waals surface area (Å²) in [7, 11) is 0. The molecule has 2 amide bonds. The van der Waals surface area contributed by atoms with E-state index in [1.807, 2.05) is 37.3 Å². The van der Waals surface area contributed by atoms with Gasteiger partial charge < -0.3 is 20.1 Å². The van der Waals surface area contributed by atoms with E-state index in [4.69, 9.17) is 0 Å². The van der Waals surface area contributed by atoms with Gasteiger partial charge in [0.15, 0.2) is 0 Å². The molecular weight excluding hydrogens is 625 g/mol. The highest BCUT2D eigenvalue weighted by Crippen LogP contribution is 2.30. The maximum Gasteiger partial charge on any atom is 0.490 e. The number of amides is 2. The minimum absolute atomic E-state index is 0.0283. The number of nitrogens with one attached hydrogen (secondary N) is 1. The molecule has 0 saturated heterocycles. The molecule has 8 nitrogen and oxygen atoms in total. The van der Waals surface area contributed by atoms with E-state index in [0.29, 0.717) is 16.7 Å². The van der Waals surface area contributed by atoms with Crippen molar-refractivity contribution < 1.29 is 42.2 Å². The second kappa shape index (κ2) is 16.4. The van der Waals surface area contributed by atoms with Gasteiger partial charge in [-0.15, -0.1) is 0 Å². The van der Waals surface area contributed by atoms with Crippen LogP contribution in [0.5, 0.6) is 0 Å². The summed E-state index contributed by atoms with van der Waals surface area (Å²) in [6.07, 6.45) is -5.53. The Kier molecular flexibility index (Phi) is 12.1. The van der Waals surface area contributed by atoms with Crippen LogP contribution in [-0.4, -0.2) is 59.6 Å². The number of nitrogens with zero attached hydrogens (tertiary/aromatic N) is 1. The highest BCUT2D eigenvalue weighted by atomic mass is 19.4. The molecule has 0 fully saturated rings. The van der Waals surface area contributed by atoms with Crippen LogP contribution in [0.4, 0.5) is 13.2 Å². The number of benzene rings is 4. The summed E-state index contributed by atoms with van der Waals surface area (Å²) in [6.45, 7) is 1.59. The Hall–Kier alpha value is -5.45. The van der Waals surface area contributed by atoms with E-state index in [-0.39, 0.29) is 43.0 Å². The zero-order valence-electron chi connectivity index (χ0n) is 26.2. The molecule has 2 unspecified atom stereocenters. The van der Waals surface area contributed by atoms with E-state index < -0.39 is 42.6 Å². The van der Waals surface area contributed by atoms with Crippen molar-refractivity contribution in [3.8, 4) is 11.1 Å². The number of carboxylic acids is 1. The summed E-state index contributed by atoms with van der Waals surface area (Å²) in [5, 5.41) is 12.3. The number of aliphatic carboxylic acids is 1. The number of hydrogen-bond donors (Lipinski definition) is 2. The van der Waals surface area contributed by atoms with Crippen molar-refractivity contribution in [3.63, 3.8) is 0 Å². The standard InChI is InChI=1S/C37H35F3N2O6/c1-25(26-12-4-2-5-13-26)24-42(22-20-33(43)44)35(46)31-19-11-9-17-29(31)28-16-8-10-18-30(28)34(45)41-32(27-14-6-3-7-15-27)21-23-48-36(47)37(38,39)40/h2-19,25,32H,20-24H2,1H3,(H,41,45)(H,43,44). The number of carboxylic acid groups (broad SMARTS) is 1. The summed E-state index contributed by atoms with van der Waals surface area (Å²) >= 11 is 0. The molecule has 0 aliphatic rings. The molecule has 0 bridgehead atoms. The molecule has 0 saturated carbocycles. The first-order valence-corrected chi connectivity index (χ1v) is 15.3. The number of alkyl halides is 3. The van der Waals surface area contributed by atoms with E-state index in [1.165, 1.54) is 4.90 Å². The normalized spacial score (nSPS) is 12.4. The van der Waals surface area contributed by atoms with E-state index in [2.05, 4.69) is 10.1 Å². The lowest BCUT2D eigenvalue weighted by atomic mass is 9.93. The predicted molar refractivity (Wildman–Crippen MR) is 173 cm³/mol. The average Bonchev–Trinajstić information content (AvgIpc) is 3.09. The van der Waals surface area contributed by atoms with Gasteiger partial charge in [0.05, 0.1) is 19.1 Å². The Bertz CT molecular complexity index is 1710. The Morgan fingerprint density at radius 2 is 1.29 bits per heavy atom. The fourth-order valence-electron chi connectivity index (χ4n) is 5.31. The van der Waals surface area contributed by atoms with Gasteiger partial charge in [0.1, 0.15) is 0 Å². The second-order valence-electron chi connectivity index (χ2n) is 11.2. The van der Waals surface area contributed by atoms with E-state index >= 15 is 0 Å². The molecule has 2 N–H and O–H groups in total. The topological polar surface area (TPSA) is 113 Å². The number of hydrogen-bond acceptors (Lipinski definition) is 5. The molecule has 2 atom stereocenters. The highest BCUT2D eigenvalue weighted by Gasteiger charge is 2.41. The molecule has 0 aromatic heterocycles. The van der Waals surface area contributed by atoms with Gasteiger partial charge in [-0.1, -0.05) is 104 Å². The number of rotatable bonds is 14. The van der Waals surface area contributed by atoms with E-state index in [9.17, 15) is 37.5 Å². The molecule has 0 aliphatic carbocycles. The van der Waals surface area contributed by atoms with E-state index in [0.717, 1.165) is 5.56 Å². The van der Waals surface area contributed by atoms with Gasteiger partial charge in [-0.3, -0.25) is 14.4 Å². The fourth-order valence-corrected chi connectivity index (χ4v) is 5.31. The lowest BCUT2D eigenvalue weighted by Gasteiger charge is -2.27. The quantitative estimate of drug-likeness (QED) is 0.140. The molecule has 11 heteroatoms. The van der Waals surface area contributed by atoms with Crippen molar-refractivity contribution in [1.82, 2.24) is 10.2 Å². The van der Waals surface area contributed by atoms with Gasteiger partial charge in [-0.25, -0.2) is 4.79 Å². The molecule has 48 heavy (non-hydrogen) atoms. The Balaban J connectivity index is 1.63. The summed E-state index contributed by atoms with van der Waals surface area (Å²) in [5.74, 6) is -4.43. The van der Waals surface area contributed by atoms with Crippen molar-refractivity contribution in [2.24, 2.45) is 0 Å². The molecule has 0 heterocycles. The Morgan fingerprint density at radius 1 is 0.771 bits per heavy atom. The van der Waals surface area contributed by atoms with Crippen LogP contribution in [0.15, 0.2) is 109 Å². The zero-order valence-corrected chi connectivity index (χ0v) is 26.2.